The predicted molar refractivity (Wildman–Crippen MR) is 140 cm³/mol. The molecule has 2 aromatic carbocycles. The lowest BCUT2D eigenvalue weighted by molar-refractivity contribution is 0.102. The first-order valence-electron chi connectivity index (χ1n) is 11.1. The minimum absolute atomic E-state index is 0.210. The van der Waals surface area contributed by atoms with Crippen LogP contribution in [-0.2, 0) is 0 Å². The van der Waals surface area contributed by atoms with Gasteiger partial charge in [-0.15, -0.1) is 11.3 Å². The van der Waals surface area contributed by atoms with Gasteiger partial charge < -0.3 is 9.80 Å². The zero-order valence-corrected chi connectivity index (χ0v) is 20.3. The number of rotatable bonds is 5. The maximum absolute atomic E-state index is 12.8. The zero-order valence-electron chi connectivity index (χ0n) is 18.7. The molecule has 0 radical (unpaired) electrons. The Kier molecular flexibility index (Phi) is 6.47. The molecule has 0 unspecified atom stereocenters. The first kappa shape index (κ1) is 22.4. The highest BCUT2D eigenvalue weighted by atomic mass is 35.5. The molecule has 6 nitrogen and oxygen atoms in total. The van der Waals surface area contributed by atoms with E-state index in [4.69, 9.17) is 11.6 Å². The van der Waals surface area contributed by atoms with Crippen molar-refractivity contribution in [2.75, 3.05) is 41.3 Å². The van der Waals surface area contributed by atoms with Crippen LogP contribution in [0.2, 0.25) is 5.02 Å². The number of hydrogen-bond donors (Lipinski definition) is 1. The zero-order chi connectivity index (χ0) is 23.5. The summed E-state index contributed by atoms with van der Waals surface area (Å²) in [5.74, 6) is 0.664. The molecular weight excluding hydrogens is 466 g/mol. The van der Waals surface area contributed by atoms with Crippen LogP contribution in [0.1, 0.15) is 15.2 Å². The van der Waals surface area contributed by atoms with Crippen LogP contribution in [0.25, 0.3) is 11.3 Å². The normalized spacial score (nSPS) is 13.7. The number of nitrogens with one attached hydrogen (secondary N) is 1. The van der Waals surface area contributed by atoms with E-state index in [0.717, 1.165) is 58.8 Å². The van der Waals surface area contributed by atoms with Gasteiger partial charge in [0, 0.05) is 53.5 Å². The highest BCUT2D eigenvalue weighted by Crippen LogP contribution is 2.30. The summed E-state index contributed by atoms with van der Waals surface area (Å²) < 4.78 is 0. The summed E-state index contributed by atoms with van der Waals surface area (Å²) in [7, 11) is 0. The van der Waals surface area contributed by atoms with Crippen LogP contribution in [0.5, 0.6) is 0 Å². The molecule has 0 spiro atoms. The quantitative estimate of drug-likeness (QED) is 0.387. The van der Waals surface area contributed by atoms with Crippen molar-refractivity contribution in [2.45, 2.75) is 6.92 Å². The number of carbonyl (C=O) groups excluding carboxylic acids is 1. The molecule has 1 N–H and O–H groups in total. The second-order valence-electron chi connectivity index (χ2n) is 8.10. The average molecular weight is 490 g/mol. The lowest BCUT2D eigenvalue weighted by atomic mass is 10.1. The minimum atomic E-state index is -0.210. The third kappa shape index (κ3) is 4.90. The number of pyridine rings is 1. The fourth-order valence-corrected chi connectivity index (χ4v) is 5.07. The fraction of sp³-hybridized carbons (Fsp3) is 0.192. The van der Waals surface area contributed by atoms with Gasteiger partial charge in [0.15, 0.2) is 5.13 Å². The smallest absolute Gasteiger partial charge is 0.259 e. The molecule has 4 aromatic rings. The van der Waals surface area contributed by atoms with E-state index < -0.39 is 0 Å². The molecule has 3 heterocycles. The Labute approximate surface area is 207 Å². The molecule has 1 amide bonds. The summed E-state index contributed by atoms with van der Waals surface area (Å²) in [5.41, 5.74) is 3.58. The Balaban J connectivity index is 1.21. The van der Waals surface area contributed by atoms with Crippen molar-refractivity contribution in [3.8, 4) is 11.3 Å². The van der Waals surface area contributed by atoms with Crippen LogP contribution in [0.15, 0.2) is 72.9 Å². The summed E-state index contributed by atoms with van der Waals surface area (Å²) in [6, 6.07) is 21.7. The van der Waals surface area contributed by atoms with Crippen molar-refractivity contribution in [1.82, 2.24) is 9.97 Å². The van der Waals surface area contributed by atoms with Crippen LogP contribution < -0.4 is 15.1 Å². The predicted octanol–water partition coefficient (Wildman–Crippen LogP) is 5.75. The molecule has 0 aliphatic carbocycles. The molecule has 1 aliphatic heterocycles. The summed E-state index contributed by atoms with van der Waals surface area (Å²) in [6.45, 7) is 5.49. The van der Waals surface area contributed by atoms with E-state index in [9.17, 15) is 4.79 Å². The second-order valence-corrected chi connectivity index (χ2v) is 9.74. The Morgan fingerprint density at radius 3 is 2.44 bits per heavy atom. The largest absolute Gasteiger partial charge is 0.368 e. The number of anilines is 3. The van der Waals surface area contributed by atoms with E-state index in [0.29, 0.717) is 10.7 Å². The van der Waals surface area contributed by atoms with Gasteiger partial charge in [0.25, 0.3) is 5.91 Å². The van der Waals surface area contributed by atoms with Crippen molar-refractivity contribution >= 4 is 45.5 Å². The highest BCUT2D eigenvalue weighted by Gasteiger charge is 2.19. The molecule has 1 fully saturated rings. The number of carbonyl (C=O) groups is 1. The Morgan fingerprint density at radius 2 is 1.74 bits per heavy atom. The number of piperazine rings is 1. The third-order valence-electron chi connectivity index (χ3n) is 5.85. The van der Waals surface area contributed by atoms with Gasteiger partial charge in [0.1, 0.15) is 5.82 Å². The first-order valence-corrected chi connectivity index (χ1v) is 12.3. The third-order valence-corrected chi connectivity index (χ3v) is 6.97. The number of halogens is 1. The number of nitrogens with zero attached hydrogens (tertiary/aromatic N) is 4. The van der Waals surface area contributed by atoms with Gasteiger partial charge >= 0.3 is 0 Å². The lowest BCUT2D eigenvalue weighted by Gasteiger charge is -2.36. The van der Waals surface area contributed by atoms with Crippen LogP contribution >= 0.6 is 22.9 Å². The van der Waals surface area contributed by atoms with Crippen LogP contribution in [0, 0.1) is 6.92 Å². The summed E-state index contributed by atoms with van der Waals surface area (Å²) in [6.07, 6.45) is 1.63. The monoisotopic (exact) mass is 489 g/mol. The van der Waals surface area contributed by atoms with Gasteiger partial charge in [0.2, 0.25) is 0 Å². The number of amides is 1. The van der Waals surface area contributed by atoms with Crippen molar-refractivity contribution in [1.29, 1.82) is 0 Å². The highest BCUT2D eigenvalue weighted by molar-refractivity contribution is 7.16. The number of benzene rings is 2. The van der Waals surface area contributed by atoms with Gasteiger partial charge in [-0.25, -0.2) is 9.97 Å². The minimum Gasteiger partial charge on any atom is -0.368 e. The number of hydrogen-bond acceptors (Lipinski definition) is 6. The SMILES string of the molecule is Cc1sc(NC(=O)c2ccc(N3CCN(c4cccc(Cl)c4)CC3)nc2)nc1-c1ccccc1. The average Bonchev–Trinajstić information content (AvgIpc) is 3.24. The van der Waals surface area contributed by atoms with E-state index in [1.807, 2.05) is 67.6 Å². The molecule has 172 valence electrons. The standard InChI is InChI=1S/C26H24ClN5OS/c1-18-24(19-6-3-2-4-7-19)29-26(34-18)30-25(33)20-10-11-23(28-17-20)32-14-12-31(13-15-32)22-9-5-8-21(27)16-22/h2-11,16-17H,12-15H2,1H3,(H,29,30,33). The summed E-state index contributed by atoms with van der Waals surface area (Å²) >= 11 is 7.61. The molecule has 1 saturated heterocycles. The van der Waals surface area contributed by atoms with Crippen LogP contribution in [0.3, 0.4) is 0 Å². The van der Waals surface area contributed by atoms with Gasteiger partial charge in [-0.1, -0.05) is 48.0 Å². The molecule has 5 rings (SSSR count). The van der Waals surface area contributed by atoms with E-state index in [1.165, 1.54) is 11.3 Å². The van der Waals surface area contributed by atoms with E-state index in [1.54, 1.807) is 6.20 Å². The number of aromatic nitrogens is 2. The Hall–Kier alpha value is -3.42. The maximum Gasteiger partial charge on any atom is 0.259 e. The van der Waals surface area contributed by atoms with Crippen LogP contribution in [0.4, 0.5) is 16.6 Å². The maximum atomic E-state index is 12.8. The van der Waals surface area contributed by atoms with E-state index >= 15 is 0 Å². The molecule has 0 bridgehead atoms. The summed E-state index contributed by atoms with van der Waals surface area (Å²) in [5, 5.41) is 4.25. The van der Waals surface area contributed by atoms with Gasteiger partial charge in [-0.05, 0) is 37.3 Å². The number of thiazole rings is 1. The van der Waals surface area contributed by atoms with Gasteiger partial charge in [0.05, 0.1) is 11.3 Å². The molecule has 1 aliphatic rings. The van der Waals surface area contributed by atoms with Crippen molar-refractivity contribution in [3.05, 3.63) is 88.4 Å². The van der Waals surface area contributed by atoms with E-state index in [-0.39, 0.29) is 5.91 Å². The fourth-order valence-electron chi connectivity index (χ4n) is 4.06. The second kappa shape index (κ2) is 9.83. The van der Waals surface area contributed by atoms with Crippen molar-refractivity contribution in [3.63, 3.8) is 0 Å². The topological polar surface area (TPSA) is 61.4 Å². The van der Waals surface area contributed by atoms with E-state index in [2.05, 4.69) is 31.2 Å². The molecule has 8 heteroatoms. The molecule has 0 saturated carbocycles. The molecule has 2 aromatic heterocycles. The molecule has 34 heavy (non-hydrogen) atoms. The van der Waals surface area contributed by atoms with Crippen molar-refractivity contribution < 1.29 is 4.79 Å². The van der Waals surface area contributed by atoms with Crippen molar-refractivity contribution in [2.24, 2.45) is 0 Å². The molecular formula is C26H24ClN5OS. The Morgan fingerprint density at radius 1 is 0.971 bits per heavy atom. The van der Waals surface area contributed by atoms with Gasteiger partial charge in [-0.2, -0.15) is 0 Å². The summed E-state index contributed by atoms with van der Waals surface area (Å²) in [4.78, 5) is 27.6. The van der Waals surface area contributed by atoms with Gasteiger partial charge in [-0.3, -0.25) is 10.1 Å². The first-order chi connectivity index (χ1) is 16.6. The Bertz CT molecular complexity index is 1280. The van der Waals surface area contributed by atoms with Crippen LogP contribution in [-0.4, -0.2) is 42.1 Å². The molecule has 0 atom stereocenters. The number of aryl methyl sites for hydroxylation is 1. The lowest BCUT2D eigenvalue weighted by Crippen LogP contribution is -2.46.